The quantitative estimate of drug-likeness (QED) is 0.312. The number of rotatable bonds is 2. The maximum atomic E-state index is 12.3. The maximum absolute atomic E-state index is 12.3. The molecule has 0 bridgehead atoms. The molecule has 2 saturated heterocycles. The zero-order chi connectivity index (χ0) is 27.4. The third-order valence-corrected chi connectivity index (χ3v) is 7.80. The van der Waals surface area contributed by atoms with Gasteiger partial charge in [0.1, 0.15) is 11.4 Å². The van der Waals surface area contributed by atoms with Crippen LogP contribution in [0.2, 0.25) is 0 Å². The maximum Gasteiger partial charge on any atom is 1.00 e. The van der Waals surface area contributed by atoms with Gasteiger partial charge >= 0.3 is 29.6 Å². The van der Waals surface area contributed by atoms with Gasteiger partial charge in [-0.2, -0.15) is 0 Å². The van der Waals surface area contributed by atoms with Crippen molar-refractivity contribution in [2.45, 2.75) is 46.6 Å². The summed E-state index contributed by atoms with van der Waals surface area (Å²) in [6.07, 6.45) is 2.52. The van der Waals surface area contributed by atoms with E-state index in [4.69, 9.17) is 5.11 Å². The number of H-pyrrole nitrogens is 2. The number of aromatic amines is 2. The van der Waals surface area contributed by atoms with Crippen molar-refractivity contribution in [3.8, 4) is 0 Å². The summed E-state index contributed by atoms with van der Waals surface area (Å²) >= 11 is 0. The Labute approximate surface area is 276 Å². The van der Waals surface area contributed by atoms with E-state index in [1.54, 1.807) is 6.07 Å². The summed E-state index contributed by atoms with van der Waals surface area (Å²) in [6.45, 7) is 6.74. The van der Waals surface area contributed by atoms with Crippen LogP contribution in [0.4, 0.5) is 0 Å². The average molecular weight is 596 g/mol. The monoisotopic (exact) mass is 595 g/mol. The summed E-state index contributed by atoms with van der Waals surface area (Å²) in [5.41, 5.74) is 4.78. The summed E-state index contributed by atoms with van der Waals surface area (Å²) in [4.78, 5) is 50.6. The normalized spacial score (nSPS) is 19.3. The van der Waals surface area contributed by atoms with E-state index in [0.29, 0.717) is 23.4 Å². The summed E-state index contributed by atoms with van der Waals surface area (Å²) in [5.74, 6) is 0.230. The molecule has 2 amide bonds. The van der Waals surface area contributed by atoms with Crippen LogP contribution in [0.25, 0.3) is 0 Å². The molecule has 13 heteroatoms. The van der Waals surface area contributed by atoms with E-state index in [1.165, 1.54) is 0 Å². The number of carbonyl (C=O) groups is 3. The van der Waals surface area contributed by atoms with E-state index in [9.17, 15) is 19.5 Å². The minimum absolute atomic E-state index is 0. The number of fused-ring (bicyclic) bond motifs is 2. The number of hydrogen-bond acceptors (Lipinski definition) is 7. The Bertz CT molecular complexity index is 1160. The molecule has 6 rings (SSSR count). The van der Waals surface area contributed by atoms with Gasteiger partial charge in [-0.1, -0.05) is 14.9 Å². The Morgan fingerprint density at radius 1 is 0.786 bits per heavy atom. The van der Waals surface area contributed by atoms with Crippen LogP contribution in [0.5, 0.6) is 0 Å². The van der Waals surface area contributed by atoms with Gasteiger partial charge in [0, 0.05) is 96.8 Å². The van der Waals surface area contributed by atoms with Crippen molar-refractivity contribution < 1.29 is 55.6 Å². The standard InChI is InChI=1S/C13H19N3O2.C13H17N3O2.CH4O.2CH4.B.Na.H/c2*1-15-4-6-16(7-5-15)13(18)11-8-9-10(14-11)2-3-12(9)17;1-2;;;;;/h8,12,14,17H,2-7H2,1H3;8,14H,2-7H2,1H3;2H,1H3;2*1H4;;;/q;;;;;;+1;-1. The van der Waals surface area contributed by atoms with Crippen molar-refractivity contribution in [3.05, 3.63) is 46.0 Å². The minimum Gasteiger partial charge on any atom is -1.00 e. The first-order valence-corrected chi connectivity index (χ1v) is 13.4. The Morgan fingerprint density at radius 2 is 1.24 bits per heavy atom. The van der Waals surface area contributed by atoms with Crippen LogP contribution < -0.4 is 29.6 Å². The SMILES string of the molecule is C.C.CN1CCN(C(=O)c2cc3c([nH]2)CCC3=O)CC1.CN1CCN(C(=O)c2cc3c([nH]2)CCC3O)CC1.CO.[B].[H-].[Na+]. The number of likely N-dealkylation sites (N-methyl/N-ethyl adjacent to an activating group) is 2. The van der Waals surface area contributed by atoms with Crippen LogP contribution >= 0.6 is 0 Å². The fourth-order valence-electron chi connectivity index (χ4n) is 5.36. The van der Waals surface area contributed by atoms with Gasteiger partial charge in [0.25, 0.3) is 11.8 Å². The molecule has 11 nitrogen and oxygen atoms in total. The van der Waals surface area contributed by atoms with E-state index in [1.807, 2.05) is 15.9 Å². The van der Waals surface area contributed by atoms with Gasteiger partial charge in [0.2, 0.25) is 0 Å². The van der Waals surface area contributed by atoms with Crippen molar-refractivity contribution in [2.24, 2.45) is 0 Å². The van der Waals surface area contributed by atoms with Crippen LogP contribution in [0.15, 0.2) is 12.1 Å². The van der Waals surface area contributed by atoms with Crippen molar-refractivity contribution in [2.75, 3.05) is 73.6 Å². The van der Waals surface area contributed by atoms with E-state index in [0.717, 1.165) is 95.7 Å². The number of nitrogens with zero attached hydrogens (tertiary/aromatic N) is 4. The number of carbonyl (C=O) groups excluding carboxylic acids is 3. The van der Waals surface area contributed by atoms with Crippen molar-refractivity contribution >= 4 is 26.0 Å². The number of piperazine rings is 2. The number of aliphatic hydroxyl groups is 2. The Hall–Kier alpha value is -1.93. The van der Waals surface area contributed by atoms with Gasteiger partial charge in [-0.05, 0) is 45.5 Å². The zero-order valence-corrected chi connectivity index (χ0v) is 26.2. The second-order valence-corrected chi connectivity index (χ2v) is 10.4. The van der Waals surface area contributed by atoms with E-state index >= 15 is 0 Å². The molecule has 4 aliphatic rings. The first-order valence-electron chi connectivity index (χ1n) is 13.4. The van der Waals surface area contributed by atoms with Gasteiger partial charge in [0.15, 0.2) is 5.78 Å². The van der Waals surface area contributed by atoms with Gasteiger partial charge < -0.3 is 41.2 Å². The fraction of sp³-hybridized carbons (Fsp3) is 0.621. The molecule has 42 heavy (non-hydrogen) atoms. The third-order valence-electron chi connectivity index (χ3n) is 7.80. The van der Waals surface area contributed by atoms with Crippen molar-refractivity contribution in [1.82, 2.24) is 29.6 Å². The summed E-state index contributed by atoms with van der Waals surface area (Å²) in [6, 6.07) is 3.55. The smallest absolute Gasteiger partial charge is 1.00 e. The van der Waals surface area contributed by atoms with Crippen LogP contribution in [-0.2, 0) is 12.8 Å². The molecule has 0 spiro atoms. The minimum atomic E-state index is -0.398. The first-order chi connectivity index (χ1) is 18.3. The molecule has 3 radical (unpaired) electrons. The molecular weight excluding hydrogens is 546 g/mol. The zero-order valence-electron chi connectivity index (χ0n) is 25.2. The van der Waals surface area contributed by atoms with Gasteiger partial charge in [-0.15, -0.1) is 0 Å². The van der Waals surface area contributed by atoms with Crippen molar-refractivity contribution in [3.63, 3.8) is 0 Å². The molecule has 4 heterocycles. The third kappa shape index (κ3) is 9.04. The van der Waals surface area contributed by atoms with Crippen LogP contribution in [0.1, 0.15) is 83.5 Å². The van der Waals surface area contributed by atoms with Gasteiger partial charge in [-0.25, -0.2) is 0 Å². The summed E-state index contributed by atoms with van der Waals surface area (Å²) < 4.78 is 0. The largest absolute Gasteiger partial charge is 1.00 e. The first kappa shape index (κ1) is 40.1. The number of ketones is 1. The molecular formula is C29H49BN6NaO5. The molecule has 1 unspecified atom stereocenters. The van der Waals surface area contributed by atoms with Crippen LogP contribution in [0, 0.1) is 0 Å². The van der Waals surface area contributed by atoms with Gasteiger partial charge in [-0.3, -0.25) is 14.4 Å². The van der Waals surface area contributed by atoms with Gasteiger partial charge in [0.05, 0.1) is 6.10 Å². The Morgan fingerprint density at radius 3 is 1.69 bits per heavy atom. The van der Waals surface area contributed by atoms with E-state index < -0.39 is 6.10 Å². The molecule has 2 aromatic heterocycles. The molecule has 0 saturated carbocycles. The molecule has 2 aliphatic heterocycles. The molecule has 1 atom stereocenters. The Kier molecular flexibility index (Phi) is 17.2. The molecule has 4 N–H and O–H groups in total. The molecule has 2 fully saturated rings. The fourth-order valence-corrected chi connectivity index (χ4v) is 5.36. The summed E-state index contributed by atoms with van der Waals surface area (Å²) in [7, 11) is 5.13. The molecule has 0 aromatic carbocycles. The van der Waals surface area contributed by atoms with E-state index in [2.05, 4.69) is 33.9 Å². The predicted molar refractivity (Wildman–Crippen MR) is 163 cm³/mol. The van der Waals surface area contributed by atoms with Crippen LogP contribution in [0.3, 0.4) is 0 Å². The molecule has 2 aromatic rings. The number of hydrogen-bond donors (Lipinski definition) is 4. The number of aromatic nitrogens is 2. The summed E-state index contributed by atoms with van der Waals surface area (Å²) in [5, 5.41) is 16.8. The number of nitrogens with one attached hydrogen (secondary N) is 2. The number of Topliss-reactive ketones (excluding diaryl/α,β-unsaturated/α-hetero) is 1. The number of aryl methyl sites for hydroxylation is 2. The average Bonchev–Trinajstić information content (AvgIpc) is 3.70. The topological polar surface area (TPSA) is 136 Å². The predicted octanol–water partition coefficient (Wildman–Crippen LogP) is -1.47. The molecule has 2 aliphatic carbocycles. The second-order valence-electron chi connectivity index (χ2n) is 10.4. The Balaban J connectivity index is 0. The number of amides is 2. The van der Waals surface area contributed by atoms with Crippen LogP contribution in [-0.4, -0.2) is 139 Å². The number of aliphatic hydroxyl groups excluding tert-OH is 2. The molecule has 229 valence electrons. The second kappa shape index (κ2) is 18.0. The van der Waals surface area contributed by atoms with Crippen molar-refractivity contribution in [1.29, 1.82) is 0 Å². The van der Waals surface area contributed by atoms with E-state index in [-0.39, 0.29) is 71.8 Å².